The zero-order valence-electron chi connectivity index (χ0n) is 20.2. The lowest BCUT2D eigenvalue weighted by Crippen LogP contribution is -2.19. The number of aromatic carboxylic acids is 1. The van der Waals surface area contributed by atoms with Crippen LogP contribution in [-0.2, 0) is 29.5 Å². The van der Waals surface area contributed by atoms with Gasteiger partial charge in [0.25, 0.3) is 0 Å². The van der Waals surface area contributed by atoms with Crippen LogP contribution >= 0.6 is 0 Å². The predicted octanol–water partition coefficient (Wildman–Crippen LogP) is 3.68. The number of nitrogens with one attached hydrogen (secondary N) is 1. The van der Waals surface area contributed by atoms with Crippen LogP contribution in [0.15, 0.2) is 71.6 Å². The molecule has 0 fully saturated rings. The van der Waals surface area contributed by atoms with Gasteiger partial charge in [-0.1, -0.05) is 36.4 Å². The van der Waals surface area contributed by atoms with Gasteiger partial charge in [0.05, 0.1) is 12.0 Å². The number of hydrogen-bond acceptors (Lipinski definition) is 5. The van der Waals surface area contributed by atoms with E-state index in [4.69, 9.17) is 9.88 Å². The van der Waals surface area contributed by atoms with E-state index in [1.54, 1.807) is 19.2 Å². The summed E-state index contributed by atoms with van der Waals surface area (Å²) in [7, 11) is -2.11. The van der Waals surface area contributed by atoms with Crippen LogP contribution < -0.4 is 15.2 Å². The Morgan fingerprint density at radius 1 is 1.03 bits per heavy atom. The van der Waals surface area contributed by atoms with Crippen LogP contribution in [0.2, 0.25) is 0 Å². The molecule has 0 amide bonds. The number of aryl methyl sites for hydroxylation is 1. The Balaban J connectivity index is 1.57. The number of fused-ring (bicyclic) bond motifs is 1. The predicted molar refractivity (Wildman–Crippen MR) is 139 cm³/mol. The maximum Gasteiger partial charge on any atom is 0.352 e. The maximum atomic E-state index is 12.4. The van der Waals surface area contributed by atoms with Crippen molar-refractivity contribution >= 4 is 26.9 Å². The largest absolute Gasteiger partial charge is 0.497 e. The maximum absolute atomic E-state index is 12.4. The number of carboxylic acid groups (broad SMARTS) is 1. The molecule has 0 unspecified atom stereocenters. The van der Waals surface area contributed by atoms with Gasteiger partial charge in [0.2, 0.25) is 10.0 Å². The van der Waals surface area contributed by atoms with Crippen LogP contribution in [0.3, 0.4) is 0 Å². The van der Waals surface area contributed by atoms with E-state index in [-0.39, 0.29) is 10.6 Å². The van der Waals surface area contributed by atoms with E-state index in [0.29, 0.717) is 26.1 Å². The highest BCUT2D eigenvalue weighted by Gasteiger charge is 2.22. The average Bonchev–Trinajstić information content (AvgIpc) is 3.14. The zero-order valence-corrected chi connectivity index (χ0v) is 21.0. The summed E-state index contributed by atoms with van der Waals surface area (Å²) in [5.41, 5.74) is 4.84. The number of nitrogens with two attached hydrogens (primary N) is 1. The van der Waals surface area contributed by atoms with Crippen molar-refractivity contribution in [3.8, 4) is 5.75 Å². The van der Waals surface area contributed by atoms with Gasteiger partial charge in [0.15, 0.2) is 0 Å². The number of carboxylic acids is 1. The van der Waals surface area contributed by atoms with Gasteiger partial charge >= 0.3 is 5.97 Å². The Bertz CT molecular complexity index is 1490. The van der Waals surface area contributed by atoms with Crippen LogP contribution in [0.5, 0.6) is 5.75 Å². The fourth-order valence-corrected chi connectivity index (χ4v) is 4.84. The SMILES string of the molecule is COc1ccc(Cn2c(C(=O)O)c(CNCCc3ccc(S(N)(=O)=O)cc3)c3ccc(C)cc32)cc1. The number of sulfonamides is 1. The Hall–Kier alpha value is -3.66. The minimum absolute atomic E-state index is 0.0743. The lowest BCUT2D eigenvalue weighted by atomic mass is 10.1. The number of benzene rings is 3. The molecule has 0 aliphatic rings. The molecule has 4 rings (SSSR count). The normalized spacial score (nSPS) is 11.6. The first kappa shape index (κ1) is 25.4. The minimum atomic E-state index is -3.72. The van der Waals surface area contributed by atoms with Gasteiger partial charge in [-0.05, 0) is 66.9 Å². The molecule has 36 heavy (non-hydrogen) atoms. The smallest absolute Gasteiger partial charge is 0.352 e. The van der Waals surface area contributed by atoms with E-state index in [1.165, 1.54) is 12.1 Å². The topological polar surface area (TPSA) is 124 Å². The highest BCUT2D eigenvalue weighted by molar-refractivity contribution is 7.89. The summed E-state index contributed by atoms with van der Waals surface area (Å²) >= 11 is 0. The second kappa shape index (κ2) is 10.5. The monoisotopic (exact) mass is 507 g/mol. The third-order valence-corrected chi connectivity index (χ3v) is 7.10. The van der Waals surface area contributed by atoms with Gasteiger partial charge in [-0.2, -0.15) is 0 Å². The molecular formula is C27H29N3O5S. The van der Waals surface area contributed by atoms with E-state index in [9.17, 15) is 18.3 Å². The Labute approximate surface area is 210 Å². The molecule has 4 aromatic rings. The molecule has 0 atom stereocenters. The van der Waals surface area contributed by atoms with E-state index >= 15 is 0 Å². The Morgan fingerprint density at radius 2 is 1.69 bits per heavy atom. The number of carbonyl (C=O) groups is 1. The molecule has 3 aromatic carbocycles. The molecule has 1 aromatic heterocycles. The summed E-state index contributed by atoms with van der Waals surface area (Å²) in [5, 5.41) is 19.6. The van der Waals surface area contributed by atoms with Crippen molar-refractivity contribution < 1.29 is 23.1 Å². The summed E-state index contributed by atoms with van der Waals surface area (Å²) in [6.45, 7) is 3.38. The fraction of sp³-hybridized carbons (Fsp3) is 0.222. The van der Waals surface area contributed by atoms with Crippen molar-refractivity contribution in [3.05, 3.63) is 94.7 Å². The van der Waals surface area contributed by atoms with Gasteiger partial charge in [-0.25, -0.2) is 18.4 Å². The highest BCUT2D eigenvalue weighted by atomic mass is 32.2. The van der Waals surface area contributed by atoms with Gasteiger partial charge in [0.1, 0.15) is 11.4 Å². The first-order valence-electron chi connectivity index (χ1n) is 11.5. The molecule has 0 bridgehead atoms. The van der Waals surface area contributed by atoms with E-state index in [1.807, 2.05) is 54.0 Å². The summed E-state index contributed by atoms with van der Waals surface area (Å²) < 4.78 is 30.0. The van der Waals surface area contributed by atoms with Gasteiger partial charge in [-0.15, -0.1) is 0 Å². The molecule has 1 heterocycles. The van der Waals surface area contributed by atoms with Crippen LogP contribution in [-0.4, -0.2) is 37.7 Å². The van der Waals surface area contributed by atoms with Crippen LogP contribution in [0, 0.1) is 6.92 Å². The molecule has 0 aliphatic heterocycles. The third-order valence-electron chi connectivity index (χ3n) is 6.17. The van der Waals surface area contributed by atoms with Crippen molar-refractivity contribution in [2.75, 3.05) is 13.7 Å². The lowest BCUT2D eigenvalue weighted by Gasteiger charge is -2.11. The first-order chi connectivity index (χ1) is 17.2. The van der Waals surface area contributed by atoms with Crippen LogP contribution in [0.4, 0.5) is 0 Å². The molecule has 0 aliphatic carbocycles. The number of nitrogens with zero attached hydrogens (tertiary/aromatic N) is 1. The number of primary sulfonamides is 1. The van der Waals surface area contributed by atoms with Crippen LogP contribution in [0.25, 0.3) is 10.9 Å². The fourth-order valence-electron chi connectivity index (χ4n) is 4.32. The number of rotatable bonds is 10. The summed E-state index contributed by atoms with van der Waals surface area (Å²) in [6.07, 6.45) is 0.650. The summed E-state index contributed by atoms with van der Waals surface area (Å²) in [4.78, 5) is 12.5. The third kappa shape index (κ3) is 5.59. The van der Waals surface area contributed by atoms with E-state index in [2.05, 4.69) is 5.32 Å². The van der Waals surface area contributed by atoms with Gasteiger partial charge < -0.3 is 19.7 Å². The standard InChI is InChI=1S/C27H29N3O5S/c1-18-3-12-23-24(16-29-14-13-19-6-10-22(11-7-19)36(28,33)34)26(27(31)32)30(25(23)15-18)17-20-4-8-21(35-2)9-5-20/h3-12,15,29H,13-14,16-17H2,1-2H3,(H,31,32)(H2,28,33,34). The van der Waals surface area contributed by atoms with Crippen molar-refractivity contribution in [2.24, 2.45) is 5.14 Å². The second-order valence-electron chi connectivity index (χ2n) is 8.70. The molecular weight excluding hydrogens is 478 g/mol. The van der Waals surface area contributed by atoms with E-state index < -0.39 is 16.0 Å². The molecule has 0 saturated carbocycles. The number of aromatic nitrogens is 1. The van der Waals surface area contributed by atoms with Crippen molar-refractivity contribution in [2.45, 2.75) is 31.3 Å². The Kier molecular flexibility index (Phi) is 7.44. The molecule has 0 radical (unpaired) electrons. The van der Waals surface area contributed by atoms with Crippen LogP contribution in [0.1, 0.15) is 32.7 Å². The number of hydrogen-bond donors (Lipinski definition) is 3. The minimum Gasteiger partial charge on any atom is -0.497 e. The van der Waals surface area contributed by atoms with Crippen molar-refractivity contribution in [1.29, 1.82) is 0 Å². The molecule has 9 heteroatoms. The average molecular weight is 508 g/mol. The summed E-state index contributed by atoms with van der Waals surface area (Å²) in [5.74, 6) is -0.234. The molecule has 0 spiro atoms. The molecule has 4 N–H and O–H groups in total. The van der Waals surface area contributed by atoms with Crippen molar-refractivity contribution in [3.63, 3.8) is 0 Å². The molecule has 8 nitrogen and oxygen atoms in total. The molecule has 188 valence electrons. The van der Waals surface area contributed by atoms with E-state index in [0.717, 1.165) is 38.9 Å². The lowest BCUT2D eigenvalue weighted by molar-refractivity contribution is 0.0684. The second-order valence-corrected chi connectivity index (χ2v) is 10.3. The number of ether oxygens (including phenoxy) is 1. The van der Waals surface area contributed by atoms with Crippen molar-refractivity contribution in [1.82, 2.24) is 9.88 Å². The number of methoxy groups -OCH3 is 1. The molecule has 0 saturated heterocycles. The Morgan fingerprint density at radius 3 is 2.31 bits per heavy atom. The zero-order chi connectivity index (χ0) is 25.9. The summed E-state index contributed by atoms with van der Waals surface area (Å²) in [6, 6.07) is 20.0. The first-order valence-corrected chi connectivity index (χ1v) is 13.0. The van der Waals surface area contributed by atoms with Gasteiger partial charge in [-0.3, -0.25) is 0 Å². The quantitative estimate of drug-likeness (QED) is 0.281. The highest BCUT2D eigenvalue weighted by Crippen LogP contribution is 2.29. The van der Waals surface area contributed by atoms with Gasteiger partial charge in [0, 0.05) is 29.6 Å².